The zero-order valence-electron chi connectivity index (χ0n) is 20.8. The summed E-state index contributed by atoms with van der Waals surface area (Å²) in [6.07, 6.45) is 1.31. The second-order valence-corrected chi connectivity index (χ2v) is 8.79. The van der Waals surface area contributed by atoms with Crippen LogP contribution in [0.1, 0.15) is 44.7 Å². The number of urea groups is 1. The van der Waals surface area contributed by atoms with Crippen molar-refractivity contribution in [2.45, 2.75) is 52.7 Å². The summed E-state index contributed by atoms with van der Waals surface area (Å²) in [6.45, 7) is 8.08. The molecule has 0 heterocycles. The van der Waals surface area contributed by atoms with Crippen LogP contribution in [0.4, 0.5) is 9.18 Å². The van der Waals surface area contributed by atoms with Crippen LogP contribution >= 0.6 is 0 Å². The minimum absolute atomic E-state index is 0.187. The molecule has 192 valence electrons. The molecular formula is C27H37FN2O5. The third-order valence-electron chi connectivity index (χ3n) is 5.47. The number of carbonyl (C=O) groups is 2. The van der Waals surface area contributed by atoms with Crippen molar-refractivity contribution >= 4 is 12.0 Å². The van der Waals surface area contributed by atoms with Crippen molar-refractivity contribution in [2.24, 2.45) is 5.92 Å². The Balaban J connectivity index is 1.87. The van der Waals surface area contributed by atoms with Crippen LogP contribution in [0.3, 0.4) is 0 Å². The molecule has 2 rings (SSSR count). The highest BCUT2D eigenvalue weighted by Gasteiger charge is 2.18. The van der Waals surface area contributed by atoms with Crippen LogP contribution in [0.25, 0.3) is 0 Å². The standard InChI is InChI=1S/C27H37FN2O5/c1-4-34-25(26(31)32)18-21-9-13-24(14-10-21)35-17-16-30(15-5-6-20(2)3)27(33)29-19-22-7-11-23(28)12-8-22/h7-14,20,25H,4-6,15-19H2,1-3H3,(H,29,33)(H,31,32). The number of halogens is 1. The van der Waals surface area contributed by atoms with Gasteiger partial charge in [0.15, 0.2) is 6.10 Å². The molecule has 1 atom stereocenters. The number of rotatable bonds is 15. The molecule has 0 aromatic heterocycles. The van der Waals surface area contributed by atoms with Gasteiger partial charge in [0.2, 0.25) is 0 Å². The largest absolute Gasteiger partial charge is 0.492 e. The summed E-state index contributed by atoms with van der Waals surface area (Å²) in [7, 11) is 0. The van der Waals surface area contributed by atoms with Gasteiger partial charge in [-0.1, -0.05) is 38.1 Å². The average molecular weight is 489 g/mol. The van der Waals surface area contributed by atoms with E-state index >= 15 is 0 Å². The number of nitrogens with one attached hydrogen (secondary N) is 1. The Morgan fingerprint density at radius 3 is 2.29 bits per heavy atom. The van der Waals surface area contributed by atoms with Crippen molar-refractivity contribution in [3.63, 3.8) is 0 Å². The summed E-state index contributed by atoms with van der Waals surface area (Å²) >= 11 is 0. The Morgan fingerprint density at radius 2 is 1.69 bits per heavy atom. The topological polar surface area (TPSA) is 88.1 Å². The van der Waals surface area contributed by atoms with Crippen molar-refractivity contribution < 1.29 is 28.6 Å². The first-order valence-electron chi connectivity index (χ1n) is 12.1. The molecule has 35 heavy (non-hydrogen) atoms. The van der Waals surface area contributed by atoms with Crippen LogP contribution < -0.4 is 10.1 Å². The number of carboxylic acids is 1. The molecule has 0 saturated heterocycles. The van der Waals surface area contributed by atoms with Crippen molar-refractivity contribution in [3.8, 4) is 5.75 Å². The maximum Gasteiger partial charge on any atom is 0.333 e. The molecule has 2 aromatic rings. The van der Waals surface area contributed by atoms with Gasteiger partial charge in [0.1, 0.15) is 18.2 Å². The van der Waals surface area contributed by atoms with Gasteiger partial charge < -0.3 is 24.8 Å². The lowest BCUT2D eigenvalue weighted by Crippen LogP contribution is -2.42. The van der Waals surface area contributed by atoms with E-state index in [1.54, 1.807) is 36.1 Å². The highest BCUT2D eigenvalue weighted by molar-refractivity contribution is 5.74. The van der Waals surface area contributed by atoms with Crippen LogP contribution in [-0.2, 0) is 22.5 Å². The van der Waals surface area contributed by atoms with Crippen LogP contribution in [0, 0.1) is 11.7 Å². The lowest BCUT2D eigenvalue weighted by molar-refractivity contribution is -0.149. The second kappa shape index (κ2) is 15.0. The molecule has 2 amide bonds. The Bertz CT molecular complexity index is 903. The van der Waals surface area contributed by atoms with Gasteiger partial charge in [-0.05, 0) is 61.1 Å². The average Bonchev–Trinajstić information content (AvgIpc) is 2.83. The zero-order valence-corrected chi connectivity index (χ0v) is 20.8. The molecule has 0 aliphatic rings. The maximum absolute atomic E-state index is 13.1. The molecule has 2 aromatic carbocycles. The van der Waals surface area contributed by atoms with Gasteiger partial charge in [-0.2, -0.15) is 0 Å². The maximum atomic E-state index is 13.1. The van der Waals surface area contributed by atoms with E-state index in [1.807, 2.05) is 12.1 Å². The van der Waals surface area contributed by atoms with Gasteiger partial charge in [0, 0.05) is 26.1 Å². The first kappa shape index (κ1) is 28.1. The third kappa shape index (κ3) is 10.8. The Kier molecular flexibility index (Phi) is 12.0. The van der Waals surface area contributed by atoms with Gasteiger partial charge in [0.25, 0.3) is 0 Å². The molecule has 0 bridgehead atoms. The van der Waals surface area contributed by atoms with Gasteiger partial charge >= 0.3 is 12.0 Å². The number of carbonyl (C=O) groups excluding carboxylic acids is 1. The SMILES string of the molecule is CCOC(Cc1ccc(OCCN(CCCC(C)C)C(=O)NCc2ccc(F)cc2)cc1)C(=O)O. The van der Waals surface area contributed by atoms with Crippen molar-refractivity contribution in [1.82, 2.24) is 10.2 Å². The van der Waals surface area contributed by atoms with E-state index < -0.39 is 12.1 Å². The Hall–Kier alpha value is -3.13. The van der Waals surface area contributed by atoms with Crippen molar-refractivity contribution in [3.05, 3.63) is 65.5 Å². The van der Waals surface area contributed by atoms with Crippen LogP contribution in [0.5, 0.6) is 5.75 Å². The summed E-state index contributed by atoms with van der Waals surface area (Å²) in [5.41, 5.74) is 1.67. The van der Waals surface area contributed by atoms with E-state index in [0.29, 0.717) is 44.5 Å². The van der Waals surface area contributed by atoms with E-state index in [-0.39, 0.29) is 18.3 Å². The predicted octanol–water partition coefficient (Wildman–Crippen LogP) is 4.88. The molecule has 0 spiro atoms. The molecule has 8 heteroatoms. The fourth-order valence-electron chi connectivity index (χ4n) is 3.53. The normalized spacial score (nSPS) is 11.8. The second-order valence-electron chi connectivity index (χ2n) is 8.79. The van der Waals surface area contributed by atoms with Crippen LogP contribution in [0.15, 0.2) is 48.5 Å². The summed E-state index contributed by atoms with van der Waals surface area (Å²) in [6, 6.07) is 13.1. The van der Waals surface area contributed by atoms with Crippen molar-refractivity contribution in [2.75, 3.05) is 26.3 Å². The van der Waals surface area contributed by atoms with E-state index in [9.17, 15) is 19.1 Å². The molecular weight excluding hydrogens is 451 g/mol. The molecule has 0 aliphatic carbocycles. The summed E-state index contributed by atoms with van der Waals surface area (Å²) < 4.78 is 24.2. The highest BCUT2D eigenvalue weighted by Crippen LogP contribution is 2.15. The summed E-state index contributed by atoms with van der Waals surface area (Å²) in [4.78, 5) is 25.8. The fraction of sp³-hybridized carbons (Fsp3) is 0.481. The third-order valence-corrected chi connectivity index (χ3v) is 5.47. The number of aliphatic carboxylic acids is 1. The first-order chi connectivity index (χ1) is 16.8. The van der Waals surface area contributed by atoms with Gasteiger partial charge in [-0.3, -0.25) is 0 Å². The number of carboxylic acid groups (broad SMARTS) is 1. The monoisotopic (exact) mass is 488 g/mol. The Morgan fingerprint density at radius 1 is 1.03 bits per heavy atom. The number of ether oxygens (including phenoxy) is 2. The minimum atomic E-state index is -0.984. The zero-order chi connectivity index (χ0) is 25.6. The van der Waals surface area contributed by atoms with Crippen LogP contribution in [0.2, 0.25) is 0 Å². The number of hydrogen-bond donors (Lipinski definition) is 2. The molecule has 0 radical (unpaired) electrons. The molecule has 0 aliphatic heterocycles. The molecule has 2 N–H and O–H groups in total. The number of amides is 2. The summed E-state index contributed by atoms with van der Waals surface area (Å²) in [5.74, 6) is -0.0952. The fourth-order valence-corrected chi connectivity index (χ4v) is 3.53. The van der Waals surface area contributed by atoms with Crippen LogP contribution in [-0.4, -0.2) is 54.4 Å². The van der Waals surface area contributed by atoms with E-state index in [0.717, 1.165) is 24.0 Å². The lowest BCUT2D eigenvalue weighted by atomic mass is 10.1. The molecule has 0 saturated carbocycles. The summed E-state index contributed by atoms with van der Waals surface area (Å²) in [5, 5.41) is 12.1. The quantitative estimate of drug-likeness (QED) is 0.373. The van der Waals surface area contributed by atoms with Crippen molar-refractivity contribution in [1.29, 1.82) is 0 Å². The van der Waals surface area contributed by atoms with E-state index in [2.05, 4.69) is 19.2 Å². The van der Waals surface area contributed by atoms with Gasteiger partial charge in [-0.25, -0.2) is 14.0 Å². The number of benzene rings is 2. The van der Waals surface area contributed by atoms with Gasteiger partial charge in [-0.15, -0.1) is 0 Å². The van der Waals surface area contributed by atoms with Gasteiger partial charge in [0.05, 0.1) is 6.54 Å². The van der Waals surface area contributed by atoms with E-state index in [4.69, 9.17) is 9.47 Å². The first-order valence-corrected chi connectivity index (χ1v) is 12.1. The number of nitrogens with zero attached hydrogens (tertiary/aromatic N) is 1. The molecule has 1 unspecified atom stereocenters. The highest BCUT2D eigenvalue weighted by atomic mass is 19.1. The lowest BCUT2D eigenvalue weighted by Gasteiger charge is -2.24. The number of hydrogen-bond acceptors (Lipinski definition) is 4. The molecule has 7 nitrogen and oxygen atoms in total. The van der Waals surface area contributed by atoms with E-state index in [1.165, 1.54) is 12.1 Å². The Labute approximate surface area is 207 Å². The predicted molar refractivity (Wildman–Crippen MR) is 133 cm³/mol. The smallest absolute Gasteiger partial charge is 0.333 e. The minimum Gasteiger partial charge on any atom is -0.492 e. The molecule has 0 fully saturated rings.